The summed E-state index contributed by atoms with van der Waals surface area (Å²) in [4.78, 5) is 2.30. The maximum Gasteiger partial charge on any atom is 0.0992 e. The van der Waals surface area contributed by atoms with Crippen LogP contribution in [-0.4, -0.2) is 0 Å². The Hall–Kier alpha value is -4.34. The van der Waals surface area contributed by atoms with Crippen LogP contribution in [0.1, 0.15) is 22.3 Å². The zero-order valence-corrected chi connectivity index (χ0v) is 16.2. The lowest BCUT2D eigenvalue weighted by Gasteiger charge is -2.33. The molecule has 3 heteroatoms. The van der Waals surface area contributed by atoms with E-state index in [9.17, 15) is 10.5 Å². The monoisotopic (exact) mass is 383 g/mol. The number of rotatable bonds is 2. The molecule has 0 bridgehead atoms. The number of benzene rings is 4. The van der Waals surface area contributed by atoms with Gasteiger partial charge in [-0.05, 0) is 64.7 Å². The van der Waals surface area contributed by atoms with Gasteiger partial charge in [0.25, 0.3) is 0 Å². The molecule has 0 aromatic heterocycles. The number of fused-ring (bicyclic) bond motifs is 2. The zero-order chi connectivity index (χ0) is 20.5. The van der Waals surface area contributed by atoms with Crippen LogP contribution in [0, 0.1) is 22.7 Å². The van der Waals surface area contributed by atoms with Crippen molar-refractivity contribution in [2.45, 2.75) is 6.42 Å². The molecule has 0 fully saturated rings. The van der Waals surface area contributed by atoms with Crippen LogP contribution < -0.4 is 4.90 Å². The first-order valence-corrected chi connectivity index (χ1v) is 9.78. The summed E-state index contributed by atoms with van der Waals surface area (Å²) in [6.07, 6.45) is 0.929. The molecule has 4 aromatic rings. The van der Waals surface area contributed by atoms with Crippen LogP contribution in [0.3, 0.4) is 0 Å². The molecule has 30 heavy (non-hydrogen) atoms. The summed E-state index contributed by atoms with van der Waals surface area (Å²) < 4.78 is 0. The van der Waals surface area contributed by atoms with Crippen molar-refractivity contribution in [2.75, 3.05) is 4.90 Å². The van der Waals surface area contributed by atoms with Gasteiger partial charge in [-0.15, -0.1) is 0 Å². The second-order valence-electron chi connectivity index (χ2n) is 7.34. The van der Waals surface area contributed by atoms with Crippen LogP contribution in [0.4, 0.5) is 17.1 Å². The van der Waals surface area contributed by atoms with Gasteiger partial charge in [0.1, 0.15) is 0 Å². The van der Waals surface area contributed by atoms with E-state index in [2.05, 4.69) is 77.7 Å². The van der Waals surface area contributed by atoms with E-state index < -0.39 is 0 Å². The highest BCUT2D eigenvalue weighted by Crippen LogP contribution is 2.43. The van der Waals surface area contributed by atoms with Gasteiger partial charge in [0.15, 0.2) is 0 Å². The molecule has 0 saturated carbocycles. The molecular weight excluding hydrogens is 366 g/mol. The van der Waals surface area contributed by atoms with Crippen LogP contribution in [0.15, 0.2) is 91.0 Å². The third-order valence-corrected chi connectivity index (χ3v) is 5.50. The van der Waals surface area contributed by atoms with Crippen molar-refractivity contribution in [3.8, 4) is 23.3 Å². The Labute approximate surface area is 175 Å². The lowest BCUT2D eigenvalue weighted by Crippen LogP contribution is -2.18. The third kappa shape index (κ3) is 3.00. The average Bonchev–Trinajstić information content (AvgIpc) is 2.82. The second kappa shape index (κ2) is 7.24. The van der Waals surface area contributed by atoms with Crippen molar-refractivity contribution < 1.29 is 0 Å². The molecule has 4 aromatic carbocycles. The molecule has 0 atom stereocenters. The zero-order valence-electron chi connectivity index (χ0n) is 16.2. The molecule has 0 aliphatic carbocycles. The van der Waals surface area contributed by atoms with Crippen LogP contribution in [0.25, 0.3) is 11.1 Å². The van der Waals surface area contributed by atoms with E-state index in [0.29, 0.717) is 11.1 Å². The molecule has 3 nitrogen and oxygen atoms in total. The fourth-order valence-electron chi connectivity index (χ4n) is 4.10. The number of anilines is 3. The first kappa shape index (κ1) is 17.7. The van der Waals surface area contributed by atoms with E-state index in [1.807, 2.05) is 24.3 Å². The van der Waals surface area contributed by atoms with Crippen molar-refractivity contribution >= 4 is 17.1 Å². The fraction of sp³-hybridized carbons (Fsp3) is 0.0370. The molecule has 0 N–H and O–H groups in total. The summed E-state index contributed by atoms with van der Waals surface area (Å²) in [6.45, 7) is 0. The van der Waals surface area contributed by atoms with E-state index in [1.165, 1.54) is 22.5 Å². The summed E-state index contributed by atoms with van der Waals surface area (Å²) in [5.74, 6) is 0. The first-order valence-electron chi connectivity index (χ1n) is 9.78. The Bertz CT molecular complexity index is 1260. The smallest absolute Gasteiger partial charge is 0.0992 e. The Morgan fingerprint density at radius 2 is 1.13 bits per heavy atom. The van der Waals surface area contributed by atoms with Gasteiger partial charge in [-0.25, -0.2) is 0 Å². The molecule has 0 saturated heterocycles. The third-order valence-electron chi connectivity index (χ3n) is 5.50. The summed E-state index contributed by atoms with van der Waals surface area (Å²) in [5, 5.41) is 18.5. The number of nitriles is 2. The Morgan fingerprint density at radius 1 is 0.600 bits per heavy atom. The van der Waals surface area contributed by atoms with Gasteiger partial charge in [-0.1, -0.05) is 48.5 Å². The van der Waals surface area contributed by atoms with Crippen molar-refractivity contribution in [1.29, 1.82) is 10.5 Å². The molecule has 1 aliphatic heterocycles. The molecule has 1 aliphatic rings. The molecular formula is C27H17N3. The van der Waals surface area contributed by atoms with E-state index in [4.69, 9.17) is 0 Å². The van der Waals surface area contributed by atoms with E-state index in [1.54, 1.807) is 6.07 Å². The summed E-state index contributed by atoms with van der Waals surface area (Å²) in [7, 11) is 0. The molecule has 0 amide bonds. The van der Waals surface area contributed by atoms with Crippen molar-refractivity contribution in [1.82, 2.24) is 0 Å². The van der Waals surface area contributed by atoms with Crippen molar-refractivity contribution in [3.63, 3.8) is 0 Å². The average molecular weight is 383 g/mol. The maximum absolute atomic E-state index is 9.26. The van der Waals surface area contributed by atoms with Crippen molar-refractivity contribution in [2.24, 2.45) is 0 Å². The molecule has 0 spiro atoms. The number of hydrogen-bond acceptors (Lipinski definition) is 3. The normalized spacial score (nSPS) is 11.7. The summed E-state index contributed by atoms with van der Waals surface area (Å²) in [6, 6.07) is 34.8. The van der Waals surface area contributed by atoms with Gasteiger partial charge in [0.05, 0.1) is 23.3 Å². The Morgan fingerprint density at radius 3 is 1.67 bits per heavy atom. The number of nitrogens with zero attached hydrogens (tertiary/aromatic N) is 3. The Balaban J connectivity index is 1.60. The Kier molecular flexibility index (Phi) is 4.28. The minimum Gasteiger partial charge on any atom is -0.310 e. The second-order valence-corrected chi connectivity index (χ2v) is 7.34. The topological polar surface area (TPSA) is 50.8 Å². The number of para-hydroxylation sites is 2. The van der Waals surface area contributed by atoms with Gasteiger partial charge < -0.3 is 4.90 Å². The largest absolute Gasteiger partial charge is 0.310 e. The number of hydrogen-bond donors (Lipinski definition) is 0. The predicted molar refractivity (Wildman–Crippen MR) is 119 cm³/mol. The SMILES string of the molecule is N#Cc1cc(C#N)cc(-c2ccc(N3c4ccccc4Cc4ccccc43)cc2)c1. The molecule has 1 heterocycles. The summed E-state index contributed by atoms with van der Waals surface area (Å²) in [5.41, 5.74) is 8.92. The standard InChI is InChI=1S/C27H17N3/c28-17-19-13-20(18-29)15-24(14-19)21-9-11-25(12-10-21)30-26-7-3-1-5-22(26)16-23-6-2-4-8-27(23)30/h1-15H,16H2. The van der Waals surface area contributed by atoms with E-state index >= 15 is 0 Å². The lowest BCUT2D eigenvalue weighted by atomic mass is 9.94. The van der Waals surface area contributed by atoms with Gasteiger partial charge in [-0.3, -0.25) is 0 Å². The van der Waals surface area contributed by atoms with E-state index in [0.717, 1.165) is 23.2 Å². The van der Waals surface area contributed by atoms with Gasteiger partial charge in [-0.2, -0.15) is 10.5 Å². The van der Waals surface area contributed by atoms with Gasteiger partial charge >= 0.3 is 0 Å². The highest BCUT2D eigenvalue weighted by atomic mass is 15.2. The maximum atomic E-state index is 9.26. The van der Waals surface area contributed by atoms with Gasteiger partial charge in [0, 0.05) is 23.5 Å². The molecule has 0 radical (unpaired) electrons. The molecule has 0 unspecified atom stereocenters. The highest BCUT2D eigenvalue weighted by Gasteiger charge is 2.23. The fourth-order valence-corrected chi connectivity index (χ4v) is 4.10. The van der Waals surface area contributed by atoms with Crippen LogP contribution >= 0.6 is 0 Å². The minimum atomic E-state index is 0.493. The van der Waals surface area contributed by atoms with Crippen molar-refractivity contribution in [3.05, 3.63) is 113 Å². The predicted octanol–water partition coefficient (Wildman–Crippen LogP) is 6.47. The molecule has 140 valence electrons. The van der Waals surface area contributed by atoms with Crippen LogP contribution in [0.5, 0.6) is 0 Å². The first-order chi connectivity index (χ1) is 14.8. The highest BCUT2D eigenvalue weighted by molar-refractivity contribution is 5.84. The minimum absolute atomic E-state index is 0.493. The lowest BCUT2D eigenvalue weighted by molar-refractivity contribution is 1.09. The van der Waals surface area contributed by atoms with E-state index in [-0.39, 0.29) is 0 Å². The van der Waals surface area contributed by atoms with Crippen LogP contribution in [0.2, 0.25) is 0 Å². The van der Waals surface area contributed by atoms with Gasteiger partial charge in [0.2, 0.25) is 0 Å². The summed E-state index contributed by atoms with van der Waals surface area (Å²) >= 11 is 0. The van der Waals surface area contributed by atoms with Crippen LogP contribution in [-0.2, 0) is 6.42 Å². The molecule has 5 rings (SSSR count). The quantitative estimate of drug-likeness (QED) is 0.351.